The Balaban J connectivity index is 1.16. The second-order valence-electron chi connectivity index (χ2n) is 11.4. The average molecular weight is 537 g/mol. The normalized spacial score (nSPS) is 25.1. The summed E-state index contributed by atoms with van der Waals surface area (Å²) in [5, 5.41) is 6.01. The third-order valence-corrected chi connectivity index (χ3v) is 8.51. The van der Waals surface area contributed by atoms with E-state index in [1.54, 1.807) is 6.07 Å². The molecular weight excluding hydrogens is 499 g/mol. The number of likely N-dealkylation sites (tertiary alicyclic amines) is 2. The number of amides is 3. The fraction of sp³-hybridized carbons (Fsp3) is 0.552. The molecule has 2 aromatic rings. The molecule has 3 aliphatic rings. The molecule has 208 valence electrons. The maximum absolute atomic E-state index is 14.0. The number of aryl methyl sites for hydroxylation is 2. The van der Waals surface area contributed by atoms with Crippen molar-refractivity contribution >= 4 is 17.7 Å². The smallest absolute Gasteiger partial charge is 0.257 e. The van der Waals surface area contributed by atoms with E-state index in [2.05, 4.69) is 25.5 Å². The number of fused-ring (bicyclic) bond motifs is 1. The number of hydrogen-bond donors (Lipinski definition) is 2. The molecular formula is C29H37FN6O3. The lowest BCUT2D eigenvalue weighted by Gasteiger charge is -2.35. The Bertz CT molecular complexity index is 1220. The van der Waals surface area contributed by atoms with E-state index in [4.69, 9.17) is 0 Å². The summed E-state index contributed by atoms with van der Waals surface area (Å²) in [6, 6.07) is 6.18. The van der Waals surface area contributed by atoms with Gasteiger partial charge in [-0.2, -0.15) is 0 Å². The van der Waals surface area contributed by atoms with E-state index in [0.717, 1.165) is 38.3 Å². The van der Waals surface area contributed by atoms with Gasteiger partial charge in [0.2, 0.25) is 11.8 Å². The Morgan fingerprint density at radius 3 is 2.33 bits per heavy atom. The van der Waals surface area contributed by atoms with Crippen molar-refractivity contribution in [1.29, 1.82) is 0 Å². The lowest BCUT2D eigenvalue weighted by molar-refractivity contribution is -0.131. The van der Waals surface area contributed by atoms with Gasteiger partial charge in [0.15, 0.2) is 0 Å². The van der Waals surface area contributed by atoms with E-state index in [9.17, 15) is 18.8 Å². The fourth-order valence-electron chi connectivity index (χ4n) is 6.38. The van der Waals surface area contributed by atoms with Gasteiger partial charge in [0.05, 0.1) is 23.0 Å². The monoisotopic (exact) mass is 536 g/mol. The first-order valence-corrected chi connectivity index (χ1v) is 13.8. The maximum Gasteiger partial charge on any atom is 0.257 e. The first-order valence-electron chi connectivity index (χ1n) is 13.8. The topological polar surface area (TPSA) is 108 Å². The van der Waals surface area contributed by atoms with Crippen molar-refractivity contribution in [2.75, 3.05) is 32.7 Å². The van der Waals surface area contributed by atoms with Crippen LogP contribution in [0.3, 0.4) is 0 Å². The molecule has 39 heavy (non-hydrogen) atoms. The largest absolute Gasteiger partial charge is 0.354 e. The number of carbonyl (C=O) groups is 3. The molecule has 1 aliphatic carbocycles. The quantitative estimate of drug-likeness (QED) is 0.537. The summed E-state index contributed by atoms with van der Waals surface area (Å²) >= 11 is 0. The van der Waals surface area contributed by atoms with Gasteiger partial charge in [0.25, 0.3) is 5.91 Å². The van der Waals surface area contributed by atoms with Crippen molar-refractivity contribution < 1.29 is 18.8 Å². The van der Waals surface area contributed by atoms with E-state index < -0.39 is 0 Å². The molecule has 2 saturated heterocycles. The minimum absolute atomic E-state index is 0.0113. The predicted molar refractivity (Wildman–Crippen MR) is 143 cm³/mol. The number of hydrogen-bond acceptors (Lipinski definition) is 6. The van der Waals surface area contributed by atoms with Crippen LogP contribution in [0.5, 0.6) is 0 Å². The number of nitrogens with zero attached hydrogens (tertiary/aromatic N) is 4. The molecule has 0 spiro atoms. The van der Waals surface area contributed by atoms with E-state index in [-0.39, 0.29) is 41.5 Å². The molecule has 3 amide bonds. The van der Waals surface area contributed by atoms with E-state index in [1.807, 2.05) is 24.8 Å². The van der Waals surface area contributed by atoms with Crippen LogP contribution in [0.2, 0.25) is 0 Å². The summed E-state index contributed by atoms with van der Waals surface area (Å²) in [4.78, 5) is 50.2. The number of rotatable bonds is 8. The van der Waals surface area contributed by atoms with Gasteiger partial charge in [-0.05, 0) is 62.6 Å². The fourth-order valence-corrected chi connectivity index (χ4v) is 6.38. The summed E-state index contributed by atoms with van der Waals surface area (Å²) in [5.74, 6) is 0.222. The lowest BCUT2D eigenvalue weighted by atomic mass is 9.79. The van der Waals surface area contributed by atoms with Gasteiger partial charge < -0.3 is 20.4 Å². The van der Waals surface area contributed by atoms with Gasteiger partial charge in [-0.25, -0.2) is 14.4 Å². The first-order chi connectivity index (χ1) is 18.7. The molecule has 0 bridgehead atoms. The van der Waals surface area contributed by atoms with Gasteiger partial charge in [-0.3, -0.25) is 14.4 Å². The van der Waals surface area contributed by atoms with Crippen molar-refractivity contribution in [3.63, 3.8) is 0 Å². The van der Waals surface area contributed by atoms with Gasteiger partial charge in [0, 0.05) is 51.6 Å². The Morgan fingerprint density at radius 1 is 1.05 bits per heavy atom. The molecule has 3 fully saturated rings. The van der Waals surface area contributed by atoms with Gasteiger partial charge >= 0.3 is 0 Å². The Kier molecular flexibility index (Phi) is 7.93. The summed E-state index contributed by atoms with van der Waals surface area (Å²) in [5.41, 5.74) is 2.79. The second kappa shape index (κ2) is 11.4. The van der Waals surface area contributed by atoms with Crippen LogP contribution in [0.25, 0.3) is 0 Å². The zero-order valence-electron chi connectivity index (χ0n) is 22.8. The highest BCUT2D eigenvalue weighted by molar-refractivity contribution is 5.96. The second-order valence-corrected chi connectivity index (χ2v) is 11.4. The Hall–Kier alpha value is -3.40. The molecule has 1 saturated carbocycles. The molecule has 9 nitrogen and oxygen atoms in total. The zero-order valence-corrected chi connectivity index (χ0v) is 22.8. The third-order valence-electron chi connectivity index (χ3n) is 8.51. The highest BCUT2D eigenvalue weighted by Gasteiger charge is 2.42. The maximum atomic E-state index is 14.0. The number of benzene rings is 1. The number of aromatic nitrogens is 2. The van der Waals surface area contributed by atoms with Crippen LogP contribution in [0.15, 0.2) is 30.6 Å². The van der Waals surface area contributed by atoms with Crippen LogP contribution in [0.4, 0.5) is 4.39 Å². The summed E-state index contributed by atoms with van der Waals surface area (Å²) in [6.07, 6.45) is 3.41. The molecule has 3 atom stereocenters. The molecule has 3 heterocycles. The van der Waals surface area contributed by atoms with Crippen LogP contribution in [0.1, 0.15) is 59.5 Å². The third kappa shape index (κ3) is 6.11. The predicted octanol–water partition coefficient (Wildman–Crippen LogP) is 2.40. The van der Waals surface area contributed by atoms with E-state index in [1.165, 1.54) is 25.4 Å². The van der Waals surface area contributed by atoms with Crippen LogP contribution >= 0.6 is 0 Å². The summed E-state index contributed by atoms with van der Waals surface area (Å²) < 4.78 is 14.0. The number of nitrogens with one attached hydrogen (secondary N) is 2. The van der Waals surface area contributed by atoms with Crippen LogP contribution in [-0.2, 0) is 9.59 Å². The molecule has 1 aromatic carbocycles. The van der Waals surface area contributed by atoms with Crippen LogP contribution < -0.4 is 10.6 Å². The van der Waals surface area contributed by atoms with Gasteiger partial charge in [-0.1, -0.05) is 12.1 Å². The first kappa shape index (κ1) is 27.2. The average Bonchev–Trinajstić information content (AvgIpc) is 3.42. The zero-order chi connectivity index (χ0) is 27.7. The van der Waals surface area contributed by atoms with E-state index in [0.29, 0.717) is 48.0 Å². The Labute approximate surface area is 228 Å². The highest BCUT2D eigenvalue weighted by Crippen LogP contribution is 2.34. The highest BCUT2D eigenvalue weighted by atomic mass is 19.1. The van der Waals surface area contributed by atoms with E-state index >= 15 is 0 Å². The van der Waals surface area contributed by atoms with Crippen LogP contribution in [-0.4, -0.2) is 76.3 Å². The van der Waals surface area contributed by atoms with Gasteiger partial charge in [0.1, 0.15) is 12.1 Å². The van der Waals surface area contributed by atoms with Crippen molar-refractivity contribution in [2.45, 2.75) is 52.1 Å². The Morgan fingerprint density at radius 2 is 1.72 bits per heavy atom. The van der Waals surface area contributed by atoms with Crippen molar-refractivity contribution in [2.24, 2.45) is 17.8 Å². The lowest BCUT2D eigenvalue weighted by Crippen LogP contribution is -2.49. The summed E-state index contributed by atoms with van der Waals surface area (Å²) in [6.45, 7) is 9.16. The van der Waals surface area contributed by atoms with Crippen molar-refractivity contribution in [1.82, 2.24) is 30.4 Å². The minimum atomic E-state index is -0.323. The van der Waals surface area contributed by atoms with Gasteiger partial charge in [-0.15, -0.1) is 0 Å². The number of halogens is 1. The minimum Gasteiger partial charge on any atom is -0.354 e. The van der Waals surface area contributed by atoms with Crippen molar-refractivity contribution in [3.8, 4) is 0 Å². The standard InChI is InChI=1S/C29H37FN6O3/c1-17-27(18(2)32-16-31-17)29(39)36-14-22-12-35(13-23(22)15-36)8-7-26(20-5-4-6-24(30)9-20)34-28(38)21-10-25(11-21)33-19(3)37/h4-6,9,16,21-23,25-26H,7-8,10-15H2,1-3H3,(H,33,37)(H,34,38)/t21?,22?,23?,25?,26-/m0/s1. The van der Waals surface area contributed by atoms with Crippen molar-refractivity contribution in [3.05, 3.63) is 58.9 Å². The molecule has 1 aromatic heterocycles. The number of carbonyl (C=O) groups excluding carboxylic acids is 3. The molecule has 2 unspecified atom stereocenters. The summed E-state index contributed by atoms with van der Waals surface area (Å²) in [7, 11) is 0. The molecule has 0 radical (unpaired) electrons. The molecule has 5 rings (SSSR count). The molecule has 2 aliphatic heterocycles. The van der Waals surface area contributed by atoms with Crippen LogP contribution in [0, 0.1) is 37.4 Å². The molecule has 10 heteroatoms. The SMILES string of the molecule is CC(=O)NC1CC(C(=O)N[C@@H](CCN2CC3CN(C(=O)c4c(C)ncnc4C)CC3C2)c2cccc(F)c2)C1. The molecule has 2 N–H and O–H groups in total.